The zero-order valence-corrected chi connectivity index (χ0v) is 11.6. The van der Waals surface area contributed by atoms with Gasteiger partial charge in [0.2, 0.25) is 0 Å². The first-order chi connectivity index (χ1) is 9.04. The number of hydrogen-bond acceptors (Lipinski definition) is 4. The minimum Gasteiger partial charge on any atom is -0.495 e. The van der Waals surface area contributed by atoms with Crippen LogP contribution < -0.4 is 9.46 Å². The van der Waals surface area contributed by atoms with Gasteiger partial charge in [-0.1, -0.05) is 23.7 Å². The van der Waals surface area contributed by atoms with Crippen LogP contribution in [0.15, 0.2) is 47.6 Å². The van der Waals surface area contributed by atoms with Gasteiger partial charge in [0.15, 0.2) is 0 Å². The lowest BCUT2D eigenvalue weighted by Crippen LogP contribution is -2.14. The molecule has 0 aliphatic carbocycles. The molecule has 1 heterocycles. The summed E-state index contributed by atoms with van der Waals surface area (Å²) >= 11 is 5.86. The molecule has 2 rings (SSSR count). The fourth-order valence-electron chi connectivity index (χ4n) is 1.49. The Kier molecular flexibility index (Phi) is 3.92. The zero-order chi connectivity index (χ0) is 13.9. The van der Waals surface area contributed by atoms with E-state index < -0.39 is 10.0 Å². The Labute approximate surface area is 116 Å². The van der Waals surface area contributed by atoms with E-state index in [0.717, 1.165) is 0 Å². The normalized spacial score (nSPS) is 11.1. The van der Waals surface area contributed by atoms with Gasteiger partial charge in [-0.15, -0.1) is 0 Å². The molecular formula is C12H11ClN2O3S. The number of halogens is 1. The number of anilines is 1. The van der Waals surface area contributed by atoms with Gasteiger partial charge in [-0.25, -0.2) is 8.42 Å². The van der Waals surface area contributed by atoms with Crippen molar-refractivity contribution in [3.05, 3.63) is 47.7 Å². The summed E-state index contributed by atoms with van der Waals surface area (Å²) in [6, 6.07) is 8.11. The van der Waals surface area contributed by atoms with Gasteiger partial charge in [0, 0.05) is 12.4 Å². The second-order valence-electron chi connectivity index (χ2n) is 3.61. The maximum atomic E-state index is 12.2. The summed E-state index contributed by atoms with van der Waals surface area (Å²) in [4.78, 5) is 3.68. The Morgan fingerprint density at radius 1 is 1.26 bits per heavy atom. The molecular weight excluding hydrogens is 288 g/mol. The van der Waals surface area contributed by atoms with E-state index in [9.17, 15) is 8.42 Å². The van der Waals surface area contributed by atoms with Crippen LogP contribution in [0.2, 0.25) is 5.02 Å². The van der Waals surface area contributed by atoms with Crippen LogP contribution in [0.25, 0.3) is 0 Å². The molecule has 0 aliphatic rings. The summed E-state index contributed by atoms with van der Waals surface area (Å²) < 4.78 is 31.9. The molecule has 0 unspecified atom stereocenters. The smallest absolute Gasteiger partial charge is 0.265 e. The molecule has 2 aromatic rings. The summed E-state index contributed by atoms with van der Waals surface area (Å²) in [7, 11) is -2.34. The second-order valence-corrected chi connectivity index (χ2v) is 5.67. The number of methoxy groups -OCH3 is 1. The van der Waals surface area contributed by atoms with E-state index in [2.05, 4.69) is 9.71 Å². The molecule has 0 bridgehead atoms. The van der Waals surface area contributed by atoms with Gasteiger partial charge >= 0.3 is 0 Å². The van der Waals surface area contributed by atoms with Gasteiger partial charge in [0.1, 0.15) is 10.6 Å². The van der Waals surface area contributed by atoms with E-state index in [-0.39, 0.29) is 9.92 Å². The molecule has 1 aromatic carbocycles. The quantitative estimate of drug-likeness (QED) is 0.942. The van der Waals surface area contributed by atoms with Crippen molar-refractivity contribution < 1.29 is 13.2 Å². The molecule has 0 aliphatic heterocycles. The monoisotopic (exact) mass is 298 g/mol. The lowest BCUT2D eigenvalue weighted by molar-refractivity contribution is 0.417. The van der Waals surface area contributed by atoms with Crippen molar-refractivity contribution in [3.8, 4) is 5.75 Å². The number of nitrogens with one attached hydrogen (secondary N) is 1. The van der Waals surface area contributed by atoms with Crippen molar-refractivity contribution in [2.24, 2.45) is 0 Å². The highest BCUT2D eigenvalue weighted by Crippen LogP contribution is 2.27. The minimum atomic E-state index is -3.80. The minimum absolute atomic E-state index is 0.0810. The number of para-hydroxylation sites is 2. The number of aromatic nitrogens is 1. The lowest BCUT2D eigenvalue weighted by atomic mass is 10.3. The molecule has 7 heteroatoms. The van der Waals surface area contributed by atoms with Gasteiger partial charge in [0.25, 0.3) is 10.0 Å². The molecule has 100 valence electrons. The first kappa shape index (κ1) is 13.6. The van der Waals surface area contributed by atoms with E-state index >= 15 is 0 Å². The Morgan fingerprint density at radius 2 is 2.00 bits per heavy atom. The third kappa shape index (κ3) is 2.97. The third-order valence-corrected chi connectivity index (χ3v) is 4.21. The molecule has 1 N–H and O–H groups in total. The van der Waals surface area contributed by atoms with Crippen LogP contribution in [0.1, 0.15) is 0 Å². The topological polar surface area (TPSA) is 68.3 Å². The second kappa shape index (κ2) is 5.46. The summed E-state index contributed by atoms with van der Waals surface area (Å²) in [6.07, 6.45) is 2.62. The molecule has 0 atom stereocenters. The maximum absolute atomic E-state index is 12.2. The molecule has 0 amide bonds. The summed E-state index contributed by atoms with van der Waals surface area (Å²) in [6.45, 7) is 0. The molecule has 0 spiro atoms. The predicted octanol–water partition coefficient (Wildman–Crippen LogP) is 2.54. The summed E-state index contributed by atoms with van der Waals surface area (Å²) in [5.41, 5.74) is 0.338. The van der Waals surface area contributed by atoms with Crippen LogP contribution in [0.3, 0.4) is 0 Å². The Morgan fingerprint density at radius 3 is 2.68 bits per heavy atom. The van der Waals surface area contributed by atoms with Gasteiger partial charge in [-0.3, -0.25) is 9.71 Å². The van der Waals surface area contributed by atoms with Crippen molar-refractivity contribution >= 4 is 27.3 Å². The highest BCUT2D eigenvalue weighted by Gasteiger charge is 2.19. The molecule has 5 nitrogen and oxygen atoms in total. The number of nitrogens with zero attached hydrogens (tertiary/aromatic N) is 1. The number of pyridine rings is 1. The molecule has 1 aromatic heterocycles. The van der Waals surface area contributed by atoms with Crippen LogP contribution in [0, 0.1) is 0 Å². The van der Waals surface area contributed by atoms with Crippen molar-refractivity contribution in [2.75, 3.05) is 11.8 Å². The van der Waals surface area contributed by atoms with Gasteiger partial charge < -0.3 is 4.74 Å². The Bertz CT molecular complexity index is 689. The van der Waals surface area contributed by atoms with Gasteiger partial charge in [-0.2, -0.15) is 0 Å². The zero-order valence-electron chi connectivity index (χ0n) is 10.00. The van der Waals surface area contributed by atoms with Gasteiger partial charge in [0.05, 0.1) is 17.8 Å². The first-order valence-corrected chi connectivity index (χ1v) is 7.16. The fourth-order valence-corrected chi connectivity index (χ4v) is 2.99. The van der Waals surface area contributed by atoms with Crippen LogP contribution in [0.5, 0.6) is 5.75 Å². The number of ether oxygens (including phenoxy) is 1. The predicted molar refractivity (Wildman–Crippen MR) is 73.0 cm³/mol. The fraction of sp³-hybridized carbons (Fsp3) is 0.0833. The molecule has 0 radical (unpaired) electrons. The van der Waals surface area contributed by atoms with Crippen molar-refractivity contribution in [2.45, 2.75) is 4.90 Å². The number of benzene rings is 1. The van der Waals surface area contributed by atoms with Crippen LogP contribution >= 0.6 is 11.6 Å². The van der Waals surface area contributed by atoms with Crippen molar-refractivity contribution in [1.82, 2.24) is 4.98 Å². The van der Waals surface area contributed by atoms with E-state index in [1.54, 1.807) is 24.3 Å². The standard InChI is InChI=1S/C12H11ClN2O3S/c1-18-11-5-3-2-4-10(11)15-19(16,17)12-8-14-7-6-9(12)13/h2-8,15H,1H3. The van der Waals surface area contributed by atoms with Crippen molar-refractivity contribution in [3.63, 3.8) is 0 Å². The highest BCUT2D eigenvalue weighted by atomic mass is 35.5. The molecule has 0 fully saturated rings. The summed E-state index contributed by atoms with van der Waals surface area (Å²) in [5, 5.41) is 0.109. The van der Waals surface area contributed by atoms with Crippen LogP contribution in [0.4, 0.5) is 5.69 Å². The van der Waals surface area contributed by atoms with E-state index in [4.69, 9.17) is 16.3 Å². The Hall–Kier alpha value is -1.79. The maximum Gasteiger partial charge on any atom is 0.265 e. The third-order valence-electron chi connectivity index (χ3n) is 2.37. The largest absolute Gasteiger partial charge is 0.495 e. The Balaban J connectivity index is 2.40. The SMILES string of the molecule is COc1ccccc1NS(=O)(=O)c1cnccc1Cl. The highest BCUT2D eigenvalue weighted by molar-refractivity contribution is 7.92. The van der Waals surface area contributed by atoms with E-state index in [1.165, 1.54) is 25.6 Å². The van der Waals surface area contributed by atoms with Crippen LogP contribution in [-0.2, 0) is 10.0 Å². The summed E-state index contributed by atoms with van der Waals surface area (Å²) in [5.74, 6) is 0.422. The first-order valence-electron chi connectivity index (χ1n) is 5.30. The van der Waals surface area contributed by atoms with Gasteiger partial charge in [-0.05, 0) is 18.2 Å². The number of rotatable bonds is 4. The molecule has 0 saturated carbocycles. The van der Waals surface area contributed by atoms with E-state index in [1.807, 2.05) is 0 Å². The number of hydrogen-bond donors (Lipinski definition) is 1. The average Bonchev–Trinajstić information content (AvgIpc) is 2.39. The number of sulfonamides is 1. The van der Waals surface area contributed by atoms with Crippen LogP contribution in [-0.4, -0.2) is 20.5 Å². The van der Waals surface area contributed by atoms with Crippen molar-refractivity contribution in [1.29, 1.82) is 0 Å². The lowest BCUT2D eigenvalue weighted by Gasteiger charge is -2.11. The molecule has 0 saturated heterocycles. The van der Waals surface area contributed by atoms with E-state index in [0.29, 0.717) is 11.4 Å². The average molecular weight is 299 g/mol. The molecule has 19 heavy (non-hydrogen) atoms.